The van der Waals surface area contributed by atoms with E-state index in [0.717, 1.165) is 36.6 Å². The topological polar surface area (TPSA) is 57.1 Å². The van der Waals surface area contributed by atoms with E-state index in [1.807, 2.05) is 32.0 Å². The van der Waals surface area contributed by atoms with E-state index in [9.17, 15) is 9.59 Å². The van der Waals surface area contributed by atoms with Gasteiger partial charge in [-0.25, -0.2) is 4.79 Å². The molecule has 0 N–H and O–H groups in total. The second kappa shape index (κ2) is 8.17. The van der Waals surface area contributed by atoms with E-state index in [2.05, 4.69) is 6.92 Å². The van der Waals surface area contributed by atoms with Crippen LogP contribution in [0.2, 0.25) is 5.02 Å². The summed E-state index contributed by atoms with van der Waals surface area (Å²) in [6, 6.07) is 5.52. The van der Waals surface area contributed by atoms with Crippen LogP contribution in [-0.2, 0) is 13.1 Å². The van der Waals surface area contributed by atoms with Crippen LogP contribution in [0, 0.1) is 6.92 Å². The molecule has 0 amide bonds. The lowest BCUT2D eigenvalue weighted by atomic mass is 10.1. The highest BCUT2D eigenvalue weighted by Gasteiger charge is 2.17. The standard InChI is InChI=1S/C21H25ClN2O3/c1-4-6-8-23-13-16(20(25)24(21(23)26)9-7-5-2)19-12-15-11-17(22)14(3)10-18(15)27-19/h10-13H,4-9H2,1-3H3. The van der Waals surface area contributed by atoms with Gasteiger partial charge in [0, 0.05) is 29.7 Å². The smallest absolute Gasteiger partial charge is 0.330 e. The summed E-state index contributed by atoms with van der Waals surface area (Å²) < 4.78 is 8.90. The molecule has 0 aliphatic rings. The molecule has 0 fully saturated rings. The molecule has 6 heteroatoms. The van der Waals surface area contributed by atoms with E-state index in [-0.39, 0.29) is 11.2 Å². The number of hydrogen-bond acceptors (Lipinski definition) is 3. The minimum Gasteiger partial charge on any atom is -0.456 e. The first-order valence-electron chi connectivity index (χ1n) is 9.50. The Morgan fingerprint density at radius 1 is 1.04 bits per heavy atom. The van der Waals surface area contributed by atoms with E-state index >= 15 is 0 Å². The lowest BCUT2D eigenvalue weighted by Crippen LogP contribution is -2.40. The maximum Gasteiger partial charge on any atom is 0.330 e. The maximum absolute atomic E-state index is 13.0. The highest BCUT2D eigenvalue weighted by atomic mass is 35.5. The van der Waals surface area contributed by atoms with Gasteiger partial charge in [0.05, 0.1) is 5.56 Å². The number of furan rings is 1. The zero-order valence-corrected chi connectivity index (χ0v) is 16.8. The summed E-state index contributed by atoms with van der Waals surface area (Å²) in [6.45, 7) is 7.02. The average molecular weight is 389 g/mol. The van der Waals surface area contributed by atoms with Gasteiger partial charge in [-0.1, -0.05) is 38.3 Å². The molecule has 0 radical (unpaired) electrons. The number of halogens is 1. The van der Waals surface area contributed by atoms with Crippen molar-refractivity contribution in [2.45, 2.75) is 59.5 Å². The molecule has 27 heavy (non-hydrogen) atoms. The van der Waals surface area contributed by atoms with Crippen molar-refractivity contribution < 1.29 is 4.42 Å². The number of nitrogens with zero attached hydrogens (tertiary/aromatic N) is 2. The monoisotopic (exact) mass is 388 g/mol. The minimum atomic E-state index is -0.303. The zero-order chi connectivity index (χ0) is 19.6. The number of rotatable bonds is 7. The van der Waals surface area contributed by atoms with Gasteiger partial charge in [0.25, 0.3) is 5.56 Å². The summed E-state index contributed by atoms with van der Waals surface area (Å²) in [4.78, 5) is 25.7. The SMILES string of the molecule is CCCCn1cc(-c2cc3cc(Cl)c(C)cc3o2)c(=O)n(CCCC)c1=O. The molecule has 0 saturated heterocycles. The lowest BCUT2D eigenvalue weighted by molar-refractivity contribution is 0.515. The van der Waals surface area contributed by atoms with E-state index in [0.29, 0.717) is 35.0 Å². The first kappa shape index (κ1) is 19.5. The largest absolute Gasteiger partial charge is 0.456 e. The minimum absolute atomic E-state index is 0.249. The maximum atomic E-state index is 13.0. The van der Waals surface area contributed by atoms with Crippen LogP contribution in [0.3, 0.4) is 0 Å². The first-order valence-corrected chi connectivity index (χ1v) is 9.88. The number of aryl methyl sites for hydroxylation is 2. The van der Waals surface area contributed by atoms with Crippen molar-refractivity contribution in [2.75, 3.05) is 0 Å². The Labute approximate surface area is 163 Å². The van der Waals surface area contributed by atoms with Crippen LogP contribution < -0.4 is 11.2 Å². The molecule has 3 rings (SSSR count). The number of aromatic nitrogens is 2. The Morgan fingerprint density at radius 2 is 1.74 bits per heavy atom. The molecule has 2 aromatic heterocycles. The van der Waals surface area contributed by atoms with Crippen molar-refractivity contribution in [1.82, 2.24) is 9.13 Å². The van der Waals surface area contributed by atoms with Crippen LogP contribution in [0.15, 0.2) is 38.4 Å². The van der Waals surface area contributed by atoms with Gasteiger partial charge in [0.1, 0.15) is 11.3 Å². The third-order valence-electron chi connectivity index (χ3n) is 4.79. The summed E-state index contributed by atoms with van der Waals surface area (Å²) in [7, 11) is 0. The van der Waals surface area contributed by atoms with Crippen LogP contribution in [0.4, 0.5) is 0 Å². The van der Waals surface area contributed by atoms with Gasteiger partial charge < -0.3 is 4.42 Å². The van der Waals surface area contributed by atoms with Crippen LogP contribution in [0.1, 0.15) is 45.1 Å². The quantitative estimate of drug-likeness (QED) is 0.573. The fraction of sp³-hybridized carbons (Fsp3) is 0.429. The molecule has 0 aliphatic heterocycles. The summed E-state index contributed by atoms with van der Waals surface area (Å²) in [5.41, 5.74) is 1.45. The Morgan fingerprint density at radius 3 is 2.44 bits per heavy atom. The molecule has 3 aromatic rings. The molecule has 0 aliphatic carbocycles. The van der Waals surface area contributed by atoms with Crippen molar-refractivity contribution in [3.8, 4) is 11.3 Å². The van der Waals surface area contributed by atoms with Gasteiger partial charge in [-0.05, 0) is 43.5 Å². The molecule has 5 nitrogen and oxygen atoms in total. The van der Waals surface area contributed by atoms with E-state index in [1.54, 1.807) is 10.8 Å². The van der Waals surface area contributed by atoms with Crippen molar-refractivity contribution in [3.63, 3.8) is 0 Å². The molecule has 0 saturated carbocycles. The second-order valence-corrected chi connectivity index (χ2v) is 7.34. The molecule has 0 unspecified atom stereocenters. The Balaban J connectivity index is 2.18. The zero-order valence-electron chi connectivity index (χ0n) is 16.0. The molecule has 0 atom stereocenters. The summed E-state index contributed by atoms with van der Waals surface area (Å²) in [5, 5.41) is 1.49. The number of unbranched alkanes of at least 4 members (excludes halogenated alkanes) is 2. The molecule has 1 aromatic carbocycles. The number of fused-ring (bicyclic) bond motifs is 1. The third-order valence-corrected chi connectivity index (χ3v) is 5.20. The van der Waals surface area contributed by atoms with Gasteiger partial charge in [-0.3, -0.25) is 13.9 Å². The predicted octanol–water partition coefficient (Wildman–Crippen LogP) is 4.99. The van der Waals surface area contributed by atoms with Gasteiger partial charge in [-0.15, -0.1) is 0 Å². The molecular weight excluding hydrogens is 364 g/mol. The predicted molar refractivity (Wildman–Crippen MR) is 110 cm³/mol. The van der Waals surface area contributed by atoms with Crippen LogP contribution in [-0.4, -0.2) is 9.13 Å². The van der Waals surface area contributed by atoms with Crippen molar-refractivity contribution in [3.05, 3.63) is 55.8 Å². The third kappa shape index (κ3) is 3.88. The summed E-state index contributed by atoms with van der Waals surface area (Å²) in [6.07, 6.45) is 5.17. The fourth-order valence-electron chi connectivity index (χ4n) is 3.12. The molecule has 144 valence electrons. The number of hydrogen-bond donors (Lipinski definition) is 0. The van der Waals surface area contributed by atoms with Crippen LogP contribution >= 0.6 is 11.6 Å². The molecule has 0 spiro atoms. The molecule has 0 bridgehead atoms. The number of benzene rings is 1. The van der Waals surface area contributed by atoms with Gasteiger partial charge in [0.15, 0.2) is 0 Å². The average Bonchev–Trinajstić information content (AvgIpc) is 3.03. The first-order chi connectivity index (χ1) is 13.0. The van der Waals surface area contributed by atoms with Crippen molar-refractivity contribution >= 4 is 22.6 Å². The summed E-state index contributed by atoms with van der Waals surface area (Å²) >= 11 is 6.21. The Kier molecular flexibility index (Phi) is 5.90. The Bertz CT molecular complexity index is 1040. The van der Waals surface area contributed by atoms with Crippen LogP contribution in [0.5, 0.6) is 0 Å². The van der Waals surface area contributed by atoms with E-state index in [4.69, 9.17) is 16.0 Å². The van der Waals surface area contributed by atoms with Crippen molar-refractivity contribution in [2.24, 2.45) is 0 Å². The van der Waals surface area contributed by atoms with Gasteiger partial charge >= 0.3 is 5.69 Å². The van der Waals surface area contributed by atoms with Crippen LogP contribution in [0.25, 0.3) is 22.3 Å². The highest BCUT2D eigenvalue weighted by Crippen LogP contribution is 2.30. The van der Waals surface area contributed by atoms with Crippen molar-refractivity contribution in [1.29, 1.82) is 0 Å². The summed E-state index contributed by atoms with van der Waals surface area (Å²) in [5.74, 6) is 0.465. The lowest BCUT2D eigenvalue weighted by Gasteiger charge is -2.11. The normalized spacial score (nSPS) is 11.4. The molecular formula is C21H25ClN2O3. The van der Waals surface area contributed by atoms with Gasteiger partial charge in [-0.2, -0.15) is 0 Å². The molecule has 2 heterocycles. The highest BCUT2D eigenvalue weighted by molar-refractivity contribution is 6.32. The second-order valence-electron chi connectivity index (χ2n) is 6.93. The van der Waals surface area contributed by atoms with Gasteiger partial charge in [0.2, 0.25) is 0 Å². The fourth-order valence-corrected chi connectivity index (χ4v) is 3.29. The Hall–Kier alpha value is -2.27. The van der Waals surface area contributed by atoms with E-state index < -0.39 is 0 Å². The van der Waals surface area contributed by atoms with E-state index in [1.165, 1.54) is 4.57 Å².